The Hall–Kier alpha value is -2.05. The van der Waals surface area contributed by atoms with E-state index in [-0.39, 0.29) is 30.0 Å². The van der Waals surface area contributed by atoms with Crippen LogP contribution in [0.5, 0.6) is 0 Å². The Morgan fingerprint density at radius 1 is 1.32 bits per heavy atom. The number of carbonyl (C=O) groups excluding carboxylic acids is 1. The Morgan fingerprint density at radius 2 is 1.95 bits per heavy atom. The van der Waals surface area contributed by atoms with Gasteiger partial charge >= 0.3 is 12.1 Å². The number of benzene rings is 1. The van der Waals surface area contributed by atoms with Gasteiger partial charge in [-0.1, -0.05) is 0 Å². The van der Waals surface area contributed by atoms with Gasteiger partial charge in [0.2, 0.25) is 5.91 Å². The lowest BCUT2D eigenvalue weighted by Crippen LogP contribution is -2.33. The highest BCUT2D eigenvalue weighted by Crippen LogP contribution is 2.41. The number of carbonyl (C=O) groups is 2. The second kappa shape index (κ2) is 4.25. The van der Waals surface area contributed by atoms with E-state index in [0.29, 0.717) is 0 Å². The third kappa shape index (κ3) is 2.16. The summed E-state index contributed by atoms with van der Waals surface area (Å²) >= 11 is 0. The second-order valence-corrected chi connectivity index (χ2v) is 4.24. The first kappa shape index (κ1) is 13.4. The summed E-state index contributed by atoms with van der Waals surface area (Å²) in [5, 5.41) is 8.87. The van der Waals surface area contributed by atoms with E-state index in [1.54, 1.807) is 0 Å². The number of carboxylic acids is 1. The van der Waals surface area contributed by atoms with Gasteiger partial charge in [0.05, 0.1) is 11.1 Å². The lowest BCUT2D eigenvalue weighted by Gasteiger charge is -2.28. The highest BCUT2D eigenvalue weighted by molar-refractivity contribution is 5.98. The van der Waals surface area contributed by atoms with E-state index in [4.69, 9.17) is 5.11 Å². The van der Waals surface area contributed by atoms with Crippen LogP contribution in [0, 0.1) is 0 Å². The maximum Gasteiger partial charge on any atom is 0.417 e. The van der Waals surface area contributed by atoms with Crippen molar-refractivity contribution in [2.24, 2.45) is 0 Å². The zero-order valence-corrected chi connectivity index (χ0v) is 9.91. The third-order valence-electron chi connectivity index (χ3n) is 3.13. The van der Waals surface area contributed by atoms with E-state index in [2.05, 4.69) is 0 Å². The fourth-order valence-electron chi connectivity index (χ4n) is 2.24. The van der Waals surface area contributed by atoms with Crippen LogP contribution in [0.15, 0.2) is 12.1 Å². The number of aromatic carboxylic acids is 1. The molecule has 1 N–H and O–H groups in total. The smallest absolute Gasteiger partial charge is 0.417 e. The van der Waals surface area contributed by atoms with Crippen molar-refractivity contribution in [2.45, 2.75) is 19.0 Å². The van der Waals surface area contributed by atoms with Crippen LogP contribution in [-0.2, 0) is 17.4 Å². The Bertz CT molecular complexity index is 566. The molecule has 0 fully saturated rings. The molecule has 2 rings (SSSR count). The molecule has 0 aromatic heterocycles. The number of hydrogen-bond acceptors (Lipinski definition) is 2. The molecule has 0 saturated carbocycles. The van der Waals surface area contributed by atoms with Gasteiger partial charge in [-0.15, -0.1) is 0 Å². The number of rotatable bonds is 1. The number of nitrogens with zero attached hydrogens (tertiary/aromatic N) is 1. The molecule has 1 aliphatic heterocycles. The van der Waals surface area contributed by atoms with Crippen LogP contribution in [0.4, 0.5) is 18.9 Å². The zero-order valence-electron chi connectivity index (χ0n) is 9.91. The summed E-state index contributed by atoms with van der Waals surface area (Å²) in [5.74, 6) is -1.92. The van der Waals surface area contributed by atoms with Crippen LogP contribution in [0.2, 0.25) is 0 Å². The van der Waals surface area contributed by atoms with Crippen LogP contribution in [0.25, 0.3) is 0 Å². The van der Waals surface area contributed by atoms with Crippen molar-refractivity contribution in [3.8, 4) is 0 Å². The van der Waals surface area contributed by atoms with Crippen molar-refractivity contribution in [2.75, 3.05) is 11.9 Å². The zero-order chi connectivity index (χ0) is 14.4. The van der Waals surface area contributed by atoms with Gasteiger partial charge in [-0.25, -0.2) is 4.79 Å². The average Bonchev–Trinajstić information content (AvgIpc) is 2.31. The second-order valence-electron chi connectivity index (χ2n) is 4.24. The molecule has 0 unspecified atom stereocenters. The van der Waals surface area contributed by atoms with Gasteiger partial charge in [-0.3, -0.25) is 4.79 Å². The molecule has 0 atom stereocenters. The number of amides is 1. The summed E-state index contributed by atoms with van der Waals surface area (Å²) in [6.45, 7) is 0. The summed E-state index contributed by atoms with van der Waals surface area (Å²) in [6, 6.07) is 2.13. The van der Waals surface area contributed by atoms with Gasteiger partial charge in [0.1, 0.15) is 0 Å². The molecule has 1 aliphatic rings. The molecule has 0 spiro atoms. The quantitative estimate of drug-likeness (QED) is 0.854. The normalized spacial score (nSPS) is 15.4. The minimum Gasteiger partial charge on any atom is -0.478 e. The first-order valence-electron chi connectivity index (χ1n) is 5.46. The molecule has 19 heavy (non-hydrogen) atoms. The molecule has 1 amide bonds. The lowest BCUT2D eigenvalue weighted by atomic mass is 9.92. The van der Waals surface area contributed by atoms with E-state index >= 15 is 0 Å². The first-order chi connectivity index (χ1) is 8.73. The maximum absolute atomic E-state index is 13.1. The molecule has 102 valence electrons. The standard InChI is InChI=1S/C12H10F3NO3/c1-16-8-4-2-7(11(18)19)10(12(13,14)15)6(8)3-5-9(16)17/h2,4H,3,5H2,1H3,(H,18,19). The first-order valence-corrected chi connectivity index (χ1v) is 5.46. The van der Waals surface area contributed by atoms with Crippen molar-refractivity contribution in [1.82, 2.24) is 0 Å². The lowest BCUT2D eigenvalue weighted by molar-refractivity contribution is -0.139. The van der Waals surface area contributed by atoms with Crippen molar-refractivity contribution < 1.29 is 27.9 Å². The van der Waals surface area contributed by atoms with Crippen LogP contribution in [0.3, 0.4) is 0 Å². The Labute approximate surface area is 106 Å². The van der Waals surface area contributed by atoms with E-state index in [9.17, 15) is 22.8 Å². The molecule has 4 nitrogen and oxygen atoms in total. The van der Waals surface area contributed by atoms with E-state index < -0.39 is 23.3 Å². The summed E-state index contributed by atoms with van der Waals surface area (Å²) in [7, 11) is 1.38. The van der Waals surface area contributed by atoms with Crippen molar-refractivity contribution in [1.29, 1.82) is 0 Å². The number of alkyl halides is 3. The highest BCUT2D eigenvalue weighted by atomic mass is 19.4. The van der Waals surface area contributed by atoms with Gasteiger partial charge in [0, 0.05) is 19.2 Å². The Morgan fingerprint density at radius 3 is 2.47 bits per heavy atom. The molecule has 7 heteroatoms. The molecule has 0 saturated heterocycles. The Balaban J connectivity index is 2.74. The summed E-state index contributed by atoms with van der Waals surface area (Å²) < 4.78 is 39.2. The fraction of sp³-hybridized carbons (Fsp3) is 0.333. The molecule has 1 aromatic carbocycles. The molecular weight excluding hydrogens is 263 g/mol. The molecule has 1 aromatic rings. The summed E-state index contributed by atoms with van der Waals surface area (Å²) in [5.41, 5.74) is -1.95. The predicted molar refractivity (Wildman–Crippen MR) is 60.1 cm³/mol. The van der Waals surface area contributed by atoms with Crippen LogP contribution in [0.1, 0.15) is 27.9 Å². The van der Waals surface area contributed by atoms with E-state index in [0.717, 1.165) is 11.0 Å². The van der Waals surface area contributed by atoms with Crippen molar-refractivity contribution in [3.63, 3.8) is 0 Å². The van der Waals surface area contributed by atoms with Gasteiger partial charge in [0.25, 0.3) is 0 Å². The Kier molecular flexibility index (Phi) is 3.00. The number of anilines is 1. The maximum atomic E-state index is 13.1. The third-order valence-corrected chi connectivity index (χ3v) is 3.13. The summed E-state index contributed by atoms with van der Waals surface area (Å²) in [4.78, 5) is 23.5. The largest absolute Gasteiger partial charge is 0.478 e. The number of carboxylic acid groups (broad SMARTS) is 1. The predicted octanol–water partition coefficient (Wildman–Crippen LogP) is 2.31. The fourth-order valence-corrected chi connectivity index (χ4v) is 2.24. The average molecular weight is 273 g/mol. The van der Waals surface area contributed by atoms with Crippen molar-refractivity contribution >= 4 is 17.6 Å². The van der Waals surface area contributed by atoms with Crippen LogP contribution in [-0.4, -0.2) is 24.0 Å². The molecular formula is C12H10F3NO3. The molecule has 0 radical (unpaired) electrons. The number of halogens is 3. The van der Waals surface area contributed by atoms with Crippen LogP contribution >= 0.6 is 0 Å². The number of fused-ring (bicyclic) bond motifs is 1. The van der Waals surface area contributed by atoms with E-state index in [1.807, 2.05) is 0 Å². The van der Waals surface area contributed by atoms with Gasteiger partial charge < -0.3 is 10.0 Å². The van der Waals surface area contributed by atoms with Gasteiger partial charge in [-0.2, -0.15) is 13.2 Å². The van der Waals surface area contributed by atoms with E-state index in [1.165, 1.54) is 13.1 Å². The molecule has 0 aliphatic carbocycles. The van der Waals surface area contributed by atoms with Gasteiger partial charge in [-0.05, 0) is 24.1 Å². The van der Waals surface area contributed by atoms with Crippen LogP contribution < -0.4 is 4.90 Å². The monoisotopic (exact) mass is 273 g/mol. The molecule has 1 heterocycles. The minimum atomic E-state index is -4.76. The molecule has 0 bridgehead atoms. The topological polar surface area (TPSA) is 57.6 Å². The SMILES string of the molecule is CN1C(=O)CCc2c1ccc(C(=O)O)c2C(F)(F)F. The minimum absolute atomic E-state index is 0.0599. The highest BCUT2D eigenvalue weighted by Gasteiger charge is 2.40. The summed E-state index contributed by atoms with van der Waals surface area (Å²) in [6.07, 6.45) is -4.93. The number of hydrogen-bond donors (Lipinski definition) is 1. The van der Waals surface area contributed by atoms with Crippen molar-refractivity contribution in [3.05, 3.63) is 28.8 Å². The van der Waals surface area contributed by atoms with Gasteiger partial charge in [0.15, 0.2) is 0 Å².